The predicted octanol–water partition coefficient (Wildman–Crippen LogP) is -0.878. The van der Waals surface area contributed by atoms with Crippen LogP contribution in [0.1, 0.15) is 6.92 Å². The van der Waals surface area contributed by atoms with Gasteiger partial charge in [-0.05, 0) is 6.92 Å². The van der Waals surface area contributed by atoms with Gasteiger partial charge in [0, 0.05) is 12.6 Å². The summed E-state index contributed by atoms with van der Waals surface area (Å²) in [6.07, 6.45) is -1.14. The first-order valence-corrected chi connectivity index (χ1v) is 2.81. The lowest BCUT2D eigenvalue weighted by Gasteiger charge is -2.08. The third-order valence-electron chi connectivity index (χ3n) is 1.56. The number of aliphatic hydroxyl groups excluding tert-OH is 2. The van der Waals surface area contributed by atoms with E-state index in [0.29, 0.717) is 6.54 Å². The molecule has 1 fully saturated rings. The van der Waals surface area contributed by atoms with Crippen molar-refractivity contribution < 1.29 is 10.2 Å². The first-order chi connectivity index (χ1) is 3.72. The van der Waals surface area contributed by atoms with Crippen LogP contribution in [-0.4, -0.2) is 35.0 Å². The van der Waals surface area contributed by atoms with Crippen molar-refractivity contribution in [3.63, 3.8) is 0 Å². The molecule has 1 aliphatic heterocycles. The zero-order valence-electron chi connectivity index (χ0n) is 5.24. The molecule has 4 heteroatoms. The van der Waals surface area contributed by atoms with Crippen LogP contribution < -0.4 is 5.32 Å². The van der Waals surface area contributed by atoms with Crippen molar-refractivity contribution in [2.24, 2.45) is 0 Å². The molecule has 0 amide bonds. The highest BCUT2D eigenvalue weighted by molar-refractivity contribution is 5.85. The van der Waals surface area contributed by atoms with Gasteiger partial charge in [-0.2, -0.15) is 0 Å². The molecule has 1 heterocycles. The average molecular weight is 154 g/mol. The Morgan fingerprint density at radius 3 is 2.11 bits per heavy atom. The summed E-state index contributed by atoms with van der Waals surface area (Å²) in [5.74, 6) is 0. The first kappa shape index (κ1) is 9.17. The van der Waals surface area contributed by atoms with Gasteiger partial charge in [0.15, 0.2) is 0 Å². The SMILES string of the molecule is CC1NCC(O)C1O.Cl. The molecule has 1 rings (SSSR count). The van der Waals surface area contributed by atoms with E-state index in [1.165, 1.54) is 0 Å². The minimum Gasteiger partial charge on any atom is -0.389 e. The molecule has 0 aliphatic carbocycles. The lowest BCUT2D eigenvalue weighted by Crippen LogP contribution is -2.29. The van der Waals surface area contributed by atoms with E-state index in [1.54, 1.807) is 0 Å². The van der Waals surface area contributed by atoms with E-state index < -0.39 is 12.2 Å². The maximum absolute atomic E-state index is 8.95. The number of aliphatic hydroxyl groups is 2. The van der Waals surface area contributed by atoms with Crippen LogP contribution in [0.4, 0.5) is 0 Å². The Bertz CT molecular complexity index is 81.0. The van der Waals surface area contributed by atoms with E-state index >= 15 is 0 Å². The number of rotatable bonds is 0. The van der Waals surface area contributed by atoms with Crippen molar-refractivity contribution in [2.75, 3.05) is 6.54 Å². The topological polar surface area (TPSA) is 52.5 Å². The monoisotopic (exact) mass is 153 g/mol. The summed E-state index contributed by atoms with van der Waals surface area (Å²) >= 11 is 0. The van der Waals surface area contributed by atoms with Gasteiger partial charge in [0.05, 0.1) is 12.2 Å². The van der Waals surface area contributed by atoms with Crippen LogP contribution in [0, 0.1) is 0 Å². The van der Waals surface area contributed by atoms with Crippen molar-refractivity contribution in [3.05, 3.63) is 0 Å². The largest absolute Gasteiger partial charge is 0.389 e. The molecule has 0 bridgehead atoms. The van der Waals surface area contributed by atoms with Gasteiger partial charge < -0.3 is 15.5 Å². The highest BCUT2D eigenvalue weighted by Crippen LogP contribution is 2.05. The third kappa shape index (κ3) is 1.79. The molecule has 1 aliphatic rings. The minimum absolute atomic E-state index is 0. The summed E-state index contributed by atoms with van der Waals surface area (Å²) in [5, 5.41) is 20.7. The standard InChI is InChI=1S/C5H11NO2.ClH/c1-3-5(8)4(7)2-6-3;/h3-8H,2H2,1H3;1H. The molecular weight excluding hydrogens is 142 g/mol. The van der Waals surface area contributed by atoms with Crippen LogP contribution >= 0.6 is 12.4 Å². The normalized spacial score (nSPS) is 42.3. The zero-order chi connectivity index (χ0) is 6.15. The molecule has 0 radical (unpaired) electrons. The predicted molar refractivity (Wildman–Crippen MR) is 36.7 cm³/mol. The first-order valence-electron chi connectivity index (χ1n) is 2.81. The molecule has 0 spiro atoms. The van der Waals surface area contributed by atoms with Crippen LogP contribution in [-0.2, 0) is 0 Å². The van der Waals surface area contributed by atoms with Crippen molar-refractivity contribution in [1.29, 1.82) is 0 Å². The molecule has 0 aromatic heterocycles. The molecule has 0 aromatic rings. The fraction of sp³-hybridized carbons (Fsp3) is 1.00. The Labute approximate surface area is 60.5 Å². The molecule has 56 valence electrons. The van der Waals surface area contributed by atoms with E-state index in [9.17, 15) is 0 Å². The van der Waals surface area contributed by atoms with Gasteiger partial charge in [-0.15, -0.1) is 12.4 Å². The van der Waals surface area contributed by atoms with E-state index in [-0.39, 0.29) is 18.4 Å². The molecule has 3 atom stereocenters. The summed E-state index contributed by atoms with van der Waals surface area (Å²) in [7, 11) is 0. The van der Waals surface area contributed by atoms with Gasteiger partial charge in [-0.3, -0.25) is 0 Å². The molecule has 0 aromatic carbocycles. The summed E-state index contributed by atoms with van der Waals surface area (Å²) in [4.78, 5) is 0. The summed E-state index contributed by atoms with van der Waals surface area (Å²) < 4.78 is 0. The second-order valence-electron chi connectivity index (χ2n) is 2.25. The number of halogens is 1. The van der Waals surface area contributed by atoms with Crippen LogP contribution in [0.15, 0.2) is 0 Å². The second kappa shape index (κ2) is 3.37. The third-order valence-corrected chi connectivity index (χ3v) is 1.56. The van der Waals surface area contributed by atoms with Crippen molar-refractivity contribution in [3.8, 4) is 0 Å². The zero-order valence-corrected chi connectivity index (χ0v) is 6.06. The van der Waals surface area contributed by atoms with Crippen molar-refractivity contribution in [1.82, 2.24) is 5.32 Å². The van der Waals surface area contributed by atoms with E-state index in [1.807, 2.05) is 6.92 Å². The van der Waals surface area contributed by atoms with Gasteiger partial charge >= 0.3 is 0 Å². The maximum atomic E-state index is 8.95. The van der Waals surface area contributed by atoms with Crippen LogP contribution in [0.2, 0.25) is 0 Å². The Kier molecular flexibility index (Phi) is 3.43. The van der Waals surface area contributed by atoms with Gasteiger partial charge in [-0.1, -0.05) is 0 Å². The number of hydrogen-bond donors (Lipinski definition) is 3. The lowest BCUT2D eigenvalue weighted by molar-refractivity contribution is 0.0436. The lowest BCUT2D eigenvalue weighted by atomic mass is 10.2. The van der Waals surface area contributed by atoms with Crippen LogP contribution in [0.5, 0.6) is 0 Å². The summed E-state index contributed by atoms with van der Waals surface area (Å²) in [6.45, 7) is 2.36. The fourth-order valence-electron chi connectivity index (χ4n) is 0.881. The van der Waals surface area contributed by atoms with E-state index in [4.69, 9.17) is 10.2 Å². The Hall–Kier alpha value is 0.170. The quantitative estimate of drug-likeness (QED) is 0.424. The van der Waals surface area contributed by atoms with Gasteiger partial charge in [-0.25, -0.2) is 0 Å². The van der Waals surface area contributed by atoms with E-state index in [2.05, 4.69) is 5.32 Å². The molecule has 3 nitrogen and oxygen atoms in total. The average Bonchev–Trinajstić information content (AvgIpc) is 1.98. The smallest absolute Gasteiger partial charge is 0.0961 e. The Morgan fingerprint density at radius 2 is 2.00 bits per heavy atom. The number of hydrogen-bond acceptors (Lipinski definition) is 3. The van der Waals surface area contributed by atoms with Gasteiger partial charge in [0.2, 0.25) is 0 Å². The highest BCUT2D eigenvalue weighted by atomic mass is 35.5. The Morgan fingerprint density at radius 1 is 1.44 bits per heavy atom. The molecular formula is C5H12ClNO2. The molecule has 0 saturated carbocycles. The molecule has 1 saturated heterocycles. The Balaban J connectivity index is 0.000000640. The van der Waals surface area contributed by atoms with Crippen LogP contribution in [0.25, 0.3) is 0 Å². The number of β-amino-alcohol motifs (C(OH)–C–C–N with tert-alkyl or cyclic N) is 1. The molecule has 3 unspecified atom stereocenters. The second-order valence-corrected chi connectivity index (χ2v) is 2.25. The highest BCUT2D eigenvalue weighted by Gasteiger charge is 2.28. The van der Waals surface area contributed by atoms with Crippen molar-refractivity contribution in [2.45, 2.75) is 25.2 Å². The number of nitrogens with one attached hydrogen (secondary N) is 1. The fourth-order valence-corrected chi connectivity index (χ4v) is 0.881. The van der Waals surface area contributed by atoms with E-state index in [0.717, 1.165) is 0 Å². The van der Waals surface area contributed by atoms with Crippen molar-refractivity contribution >= 4 is 12.4 Å². The minimum atomic E-state index is -0.574. The van der Waals surface area contributed by atoms with Crippen LogP contribution in [0.3, 0.4) is 0 Å². The van der Waals surface area contributed by atoms with Gasteiger partial charge in [0.1, 0.15) is 0 Å². The van der Waals surface area contributed by atoms with Gasteiger partial charge in [0.25, 0.3) is 0 Å². The summed E-state index contributed by atoms with van der Waals surface area (Å²) in [5.41, 5.74) is 0. The molecule has 9 heavy (non-hydrogen) atoms. The molecule has 3 N–H and O–H groups in total. The summed E-state index contributed by atoms with van der Waals surface area (Å²) in [6, 6.07) is 0.0463. The maximum Gasteiger partial charge on any atom is 0.0961 e.